The standard InChI is InChI=1S/C23H21Br2N3O6S/c1-31-17-9-13(10-18(32-2)21(17)33-3)22(30)26-23(35)28-27-19(29)11-34-16-7-4-12-8-14(24)5-6-15(12)20(16)25/h4-10H,11H2,1-3H3,(H,27,29)(H2,26,28,30,35). The van der Waals surface area contributed by atoms with Crippen molar-refractivity contribution in [3.8, 4) is 23.0 Å². The van der Waals surface area contributed by atoms with Gasteiger partial charge in [0.25, 0.3) is 11.8 Å². The van der Waals surface area contributed by atoms with E-state index in [9.17, 15) is 9.59 Å². The van der Waals surface area contributed by atoms with Crippen molar-refractivity contribution in [1.82, 2.24) is 16.2 Å². The number of carbonyl (C=O) groups is 2. The highest BCUT2D eigenvalue weighted by Crippen LogP contribution is 2.38. The topological polar surface area (TPSA) is 107 Å². The fourth-order valence-electron chi connectivity index (χ4n) is 3.08. The number of halogens is 2. The van der Waals surface area contributed by atoms with Gasteiger partial charge < -0.3 is 18.9 Å². The lowest BCUT2D eigenvalue weighted by atomic mass is 10.1. The quantitative estimate of drug-likeness (QED) is 0.266. The number of methoxy groups -OCH3 is 3. The fraction of sp³-hybridized carbons (Fsp3) is 0.174. The first-order chi connectivity index (χ1) is 16.8. The monoisotopic (exact) mass is 625 g/mol. The zero-order valence-electron chi connectivity index (χ0n) is 18.9. The molecule has 0 saturated heterocycles. The first-order valence-electron chi connectivity index (χ1n) is 9.98. The van der Waals surface area contributed by atoms with Crippen molar-refractivity contribution in [2.75, 3.05) is 27.9 Å². The van der Waals surface area contributed by atoms with Crippen LogP contribution in [0.2, 0.25) is 0 Å². The highest BCUT2D eigenvalue weighted by molar-refractivity contribution is 9.11. The number of ether oxygens (including phenoxy) is 4. The molecule has 0 spiro atoms. The van der Waals surface area contributed by atoms with Crippen LogP contribution in [0.5, 0.6) is 23.0 Å². The molecule has 0 saturated carbocycles. The molecule has 3 N–H and O–H groups in total. The lowest BCUT2D eigenvalue weighted by Crippen LogP contribution is -2.49. The molecule has 3 rings (SSSR count). The maximum atomic E-state index is 12.6. The number of hydrogen-bond donors (Lipinski definition) is 3. The number of fused-ring (bicyclic) bond motifs is 1. The minimum atomic E-state index is -0.543. The van der Waals surface area contributed by atoms with Gasteiger partial charge in [-0.25, -0.2) is 0 Å². The summed E-state index contributed by atoms with van der Waals surface area (Å²) in [5, 5.41) is 4.30. The van der Waals surface area contributed by atoms with Crippen molar-refractivity contribution in [3.05, 3.63) is 57.0 Å². The number of rotatable bonds is 7. The Morgan fingerprint density at radius 3 is 2.20 bits per heavy atom. The Morgan fingerprint density at radius 1 is 0.886 bits per heavy atom. The minimum absolute atomic E-state index is 0.116. The van der Waals surface area contributed by atoms with Crippen molar-refractivity contribution in [2.24, 2.45) is 0 Å². The van der Waals surface area contributed by atoms with Crippen LogP contribution >= 0.6 is 44.1 Å². The molecule has 0 bridgehead atoms. The molecular formula is C23H21Br2N3O6S. The third kappa shape index (κ3) is 6.53. The molecule has 0 fully saturated rings. The van der Waals surface area contributed by atoms with E-state index < -0.39 is 11.8 Å². The van der Waals surface area contributed by atoms with Crippen LogP contribution in [-0.2, 0) is 4.79 Å². The highest BCUT2D eigenvalue weighted by atomic mass is 79.9. The molecule has 0 aliphatic heterocycles. The van der Waals surface area contributed by atoms with Gasteiger partial charge in [-0.1, -0.05) is 28.1 Å². The van der Waals surface area contributed by atoms with Crippen LogP contribution in [0.4, 0.5) is 0 Å². The molecule has 0 atom stereocenters. The summed E-state index contributed by atoms with van der Waals surface area (Å²) in [5.41, 5.74) is 5.06. The van der Waals surface area contributed by atoms with E-state index in [2.05, 4.69) is 48.0 Å². The minimum Gasteiger partial charge on any atom is -0.493 e. The summed E-state index contributed by atoms with van der Waals surface area (Å²) in [5.74, 6) is 0.442. The van der Waals surface area contributed by atoms with Crippen LogP contribution in [0.25, 0.3) is 10.8 Å². The van der Waals surface area contributed by atoms with Crippen LogP contribution in [0.3, 0.4) is 0 Å². The third-order valence-electron chi connectivity index (χ3n) is 4.71. The van der Waals surface area contributed by atoms with Crippen molar-refractivity contribution >= 4 is 71.8 Å². The van der Waals surface area contributed by atoms with Crippen molar-refractivity contribution in [2.45, 2.75) is 0 Å². The zero-order chi connectivity index (χ0) is 25.5. The van der Waals surface area contributed by atoms with E-state index in [1.54, 1.807) is 6.07 Å². The van der Waals surface area contributed by atoms with Crippen LogP contribution < -0.4 is 35.1 Å². The molecule has 0 unspecified atom stereocenters. The van der Waals surface area contributed by atoms with Gasteiger partial charge in [-0.15, -0.1) is 0 Å². The number of benzene rings is 3. The van der Waals surface area contributed by atoms with Gasteiger partial charge in [0, 0.05) is 10.0 Å². The van der Waals surface area contributed by atoms with Gasteiger partial charge >= 0.3 is 0 Å². The lowest BCUT2D eigenvalue weighted by molar-refractivity contribution is -0.123. The zero-order valence-corrected chi connectivity index (χ0v) is 22.9. The fourth-order valence-corrected chi connectivity index (χ4v) is 4.21. The van der Waals surface area contributed by atoms with E-state index in [0.29, 0.717) is 23.0 Å². The second-order valence-electron chi connectivity index (χ2n) is 6.90. The second kappa shape index (κ2) is 12.0. The summed E-state index contributed by atoms with van der Waals surface area (Å²) in [7, 11) is 4.35. The molecule has 9 nitrogen and oxygen atoms in total. The van der Waals surface area contributed by atoms with Crippen molar-refractivity contribution < 1.29 is 28.5 Å². The molecule has 3 aromatic rings. The van der Waals surface area contributed by atoms with Gasteiger partial charge in [-0.3, -0.25) is 25.8 Å². The summed E-state index contributed by atoms with van der Waals surface area (Å²) in [6, 6.07) is 12.4. The van der Waals surface area contributed by atoms with E-state index in [1.165, 1.54) is 33.5 Å². The van der Waals surface area contributed by atoms with E-state index in [-0.39, 0.29) is 17.3 Å². The van der Waals surface area contributed by atoms with Crippen LogP contribution in [-0.4, -0.2) is 44.9 Å². The molecule has 0 aromatic heterocycles. The SMILES string of the molecule is COc1cc(C(=O)NC(=S)NNC(=O)COc2ccc3cc(Br)ccc3c2Br)cc(OC)c1OC. The Kier molecular flexibility index (Phi) is 9.13. The van der Waals surface area contributed by atoms with Crippen LogP contribution in [0, 0.1) is 0 Å². The predicted molar refractivity (Wildman–Crippen MR) is 142 cm³/mol. The average Bonchev–Trinajstić information content (AvgIpc) is 2.85. The first-order valence-corrected chi connectivity index (χ1v) is 12.0. The maximum Gasteiger partial charge on any atom is 0.276 e. The van der Waals surface area contributed by atoms with E-state index in [1.807, 2.05) is 24.3 Å². The molecule has 184 valence electrons. The smallest absolute Gasteiger partial charge is 0.276 e. The van der Waals surface area contributed by atoms with Gasteiger partial charge in [-0.2, -0.15) is 0 Å². The number of thiocarbonyl (C=S) groups is 1. The van der Waals surface area contributed by atoms with Gasteiger partial charge in [0.2, 0.25) is 5.75 Å². The summed E-state index contributed by atoms with van der Waals surface area (Å²) < 4.78 is 23.0. The Labute approximate surface area is 223 Å². The number of hydrazine groups is 1. The Hall–Kier alpha value is -3.09. The third-order valence-corrected chi connectivity index (χ3v) is 6.22. The first kappa shape index (κ1) is 26.5. The second-order valence-corrected chi connectivity index (χ2v) is 9.02. The molecule has 0 aliphatic rings. The molecule has 0 heterocycles. The summed E-state index contributed by atoms with van der Waals surface area (Å²) >= 11 is 12.0. The molecule has 35 heavy (non-hydrogen) atoms. The number of nitrogens with one attached hydrogen (secondary N) is 3. The van der Waals surface area contributed by atoms with E-state index >= 15 is 0 Å². The number of hydrogen-bond acceptors (Lipinski definition) is 7. The number of amides is 2. The molecular weight excluding hydrogens is 606 g/mol. The van der Waals surface area contributed by atoms with Crippen molar-refractivity contribution in [1.29, 1.82) is 0 Å². The van der Waals surface area contributed by atoms with E-state index in [4.69, 9.17) is 31.2 Å². The van der Waals surface area contributed by atoms with Crippen LogP contribution in [0.1, 0.15) is 10.4 Å². The highest BCUT2D eigenvalue weighted by Gasteiger charge is 2.18. The van der Waals surface area contributed by atoms with Crippen LogP contribution in [0.15, 0.2) is 51.4 Å². The predicted octanol–water partition coefficient (Wildman–Crippen LogP) is 4.11. The Bertz CT molecular complexity index is 1260. The van der Waals surface area contributed by atoms with Gasteiger partial charge in [0.05, 0.1) is 25.8 Å². The Balaban J connectivity index is 1.54. The average molecular weight is 627 g/mol. The summed E-state index contributed by atoms with van der Waals surface area (Å²) in [4.78, 5) is 24.8. The van der Waals surface area contributed by atoms with E-state index in [0.717, 1.165) is 19.7 Å². The van der Waals surface area contributed by atoms with Gasteiger partial charge in [0.15, 0.2) is 23.2 Å². The van der Waals surface area contributed by atoms with Gasteiger partial charge in [0.1, 0.15) is 5.75 Å². The summed E-state index contributed by atoms with van der Waals surface area (Å²) in [6.07, 6.45) is 0. The Morgan fingerprint density at radius 2 is 1.57 bits per heavy atom. The molecule has 0 aliphatic carbocycles. The molecule has 12 heteroatoms. The van der Waals surface area contributed by atoms with Gasteiger partial charge in [-0.05, 0) is 69.3 Å². The normalized spacial score (nSPS) is 10.3. The largest absolute Gasteiger partial charge is 0.493 e. The molecule has 3 aromatic carbocycles. The summed E-state index contributed by atoms with van der Waals surface area (Å²) in [6.45, 7) is -0.281. The number of carbonyl (C=O) groups excluding carboxylic acids is 2. The molecule has 2 amide bonds. The van der Waals surface area contributed by atoms with Crippen molar-refractivity contribution in [3.63, 3.8) is 0 Å². The lowest BCUT2D eigenvalue weighted by Gasteiger charge is -2.15. The molecule has 0 radical (unpaired) electrons. The maximum absolute atomic E-state index is 12.6.